The second-order valence-electron chi connectivity index (χ2n) is 4.45. The van der Waals surface area contributed by atoms with Gasteiger partial charge in [0.1, 0.15) is 0 Å². The zero-order valence-corrected chi connectivity index (χ0v) is 12.5. The average Bonchev–Trinajstić information content (AvgIpc) is 2.46. The maximum Gasteiger partial charge on any atom is 0.253 e. The number of hydrogen-bond acceptors (Lipinski definition) is 5. The summed E-state index contributed by atoms with van der Waals surface area (Å²) in [7, 11) is 5.04. The molecule has 6 heteroatoms. The third-order valence-corrected chi connectivity index (χ3v) is 3.12. The molecule has 1 amide bonds. The summed E-state index contributed by atoms with van der Waals surface area (Å²) in [5.41, 5.74) is 6.63. The summed E-state index contributed by atoms with van der Waals surface area (Å²) >= 11 is 0. The molecule has 0 aliphatic carbocycles. The minimum Gasteiger partial charge on any atom is -0.493 e. The normalized spacial score (nSPS) is 10.4. The van der Waals surface area contributed by atoms with Gasteiger partial charge in [-0.3, -0.25) is 4.79 Å². The van der Waals surface area contributed by atoms with E-state index < -0.39 is 0 Å². The van der Waals surface area contributed by atoms with E-state index in [-0.39, 0.29) is 5.91 Å². The van der Waals surface area contributed by atoms with Gasteiger partial charge in [0.25, 0.3) is 5.91 Å². The Labute approximate surface area is 119 Å². The van der Waals surface area contributed by atoms with Gasteiger partial charge >= 0.3 is 0 Å². The van der Waals surface area contributed by atoms with Crippen molar-refractivity contribution in [3.05, 3.63) is 17.7 Å². The average molecular weight is 281 g/mol. The van der Waals surface area contributed by atoms with Crippen molar-refractivity contribution in [2.24, 2.45) is 0 Å². The Morgan fingerprint density at radius 3 is 2.45 bits per heavy atom. The predicted molar refractivity (Wildman–Crippen MR) is 79.5 cm³/mol. The first-order chi connectivity index (χ1) is 9.53. The Morgan fingerprint density at radius 1 is 1.30 bits per heavy atom. The molecule has 0 atom stereocenters. The third kappa shape index (κ3) is 4.03. The van der Waals surface area contributed by atoms with Gasteiger partial charge in [-0.05, 0) is 19.7 Å². The summed E-state index contributed by atoms with van der Waals surface area (Å²) in [6.45, 7) is 4.36. The van der Waals surface area contributed by atoms with Gasteiger partial charge in [0.05, 0.1) is 19.8 Å². The molecule has 0 aliphatic rings. The molecule has 0 fully saturated rings. The molecule has 0 bridgehead atoms. The van der Waals surface area contributed by atoms with Crippen LogP contribution in [0.1, 0.15) is 17.3 Å². The maximum absolute atomic E-state index is 12.1. The van der Waals surface area contributed by atoms with E-state index in [9.17, 15) is 4.79 Å². The second-order valence-corrected chi connectivity index (χ2v) is 4.45. The molecule has 0 aliphatic heterocycles. The van der Waals surface area contributed by atoms with Crippen LogP contribution in [0.5, 0.6) is 11.5 Å². The van der Waals surface area contributed by atoms with Crippen LogP contribution in [0.3, 0.4) is 0 Å². The molecule has 1 aromatic carbocycles. The van der Waals surface area contributed by atoms with Crippen molar-refractivity contribution >= 4 is 11.6 Å². The number of likely N-dealkylation sites (N-methyl/N-ethyl adjacent to an activating group) is 1. The maximum atomic E-state index is 12.1. The minimum atomic E-state index is -0.215. The number of anilines is 1. The molecule has 0 unspecified atom stereocenters. The van der Waals surface area contributed by atoms with Crippen molar-refractivity contribution in [1.29, 1.82) is 0 Å². The molecule has 0 heterocycles. The number of carbonyl (C=O) groups is 1. The zero-order valence-electron chi connectivity index (χ0n) is 12.5. The zero-order chi connectivity index (χ0) is 15.1. The van der Waals surface area contributed by atoms with Gasteiger partial charge in [-0.1, -0.05) is 6.92 Å². The quantitative estimate of drug-likeness (QED) is 0.728. The van der Waals surface area contributed by atoms with Crippen molar-refractivity contribution < 1.29 is 14.3 Å². The number of methoxy groups -OCH3 is 2. The fourth-order valence-corrected chi connectivity index (χ4v) is 1.70. The highest BCUT2D eigenvalue weighted by atomic mass is 16.5. The van der Waals surface area contributed by atoms with Crippen molar-refractivity contribution in [3.63, 3.8) is 0 Å². The van der Waals surface area contributed by atoms with E-state index in [2.05, 4.69) is 17.1 Å². The number of nitrogens with two attached hydrogens (primary N) is 1. The third-order valence-electron chi connectivity index (χ3n) is 3.12. The molecule has 0 saturated carbocycles. The number of benzene rings is 1. The number of nitrogen functional groups attached to an aromatic ring is 1. The number of nitrogens with zero attached hydrogens (tertiary/aromatic N) is 1. The summed E-state index contributed by atoms with van der Waals surface area (Å²) in [6.07, 6.45) is 0. The standard InChI is InChI=1S/C14H23N3O3/c1-5-17(2)7-6-16-14(18)10-8-12(19-3)13(20-4)9-11(10)15/h8-9H,5-7,15H2,1-4H3,(H,16,18). The summed E-state index contributed by atoms with van der Waals surface area (Å²) in [5.74, 6) is 0.776. The topological polar surface area (TPSA) is 76.8 Å². The molecule has 1 aromatic rings. The van der Waals surface area contributed by atoms with Crippen LogP contribution in [0.2, 0.25) is 0 Å². The second kappa shape index (κ2) is 7.59. The van der Waals surface area contributed by atoms with Crippen LogP contribution in [0, 0.1) is 0 Å². The lowest BCUT2D eigenvalue weighted by atomic mass is 10.1. The van der Waals surface area contributed by atoms with Gasteiger partial charge in [-0.15, -0.1) is 0 Å². The number of hydrogen-bond donors (Lipinski definition) is 2. The fourth-order valence-electron chi connectivity index (χ4n) is 1.70. The van der Waals surface area contributed by atoms with Crippen LogP contribution in [0.4, 0.5) is 5.69 Å². The van der Waals surface area contributed by atoms with Gasteiger partial charge in [0.15, 0.2) is 11.5 Å². The van der Waals surface area contributed by atoms with E-state index in [0.29, 0.717) is 29.3 Å². The first-order valence-electron chi connectivity index (χ1n) is 6.51. The van der Waals surface area contributed by atoms with E-state index in [1.165, 1.54) is 14.2 Å². The summed E-state index contributed by atoms with van der Waals surface area (Å²) in [5, 5.41) is 2.84. The monoisotopic (exact) mass is 281 g/mol. The van der Waals surface area contributed by atoms with Crippen LogP contribution in [0.15, 0.2) is 12.1 Å². The van der Waals surface area contributed by atoms with Crippen LogP contribution < -0.4 is 20.5 Å². The molecule has 112 valence electrons. The lowest BCUT2D eigenvalue weighted by molar-refractivity contribution is 0.0950. The van der Waals surface area contributed by atoms with Crippen molar-refractivity contribution in [2.75, 3.05) is 46.6 Å². The number of ether oxygens (including phenoxy) is 2. The van der Waals surface area contributed by atoms with Gasteiger partial charge in [0, 0.05) is 24.8 Å². The number of nitrogens with one attached hydrogen (secondary N) is 1. The Kier molecular flexibility index (Phi) is 6.11. The molecule has 1 rings (SSSR count). The van der Waals surface area contributed by atoms with Crippen LogP contribution in [-0.2, 0) is 0 Å². The molecule has 3 N–H and O–H groups in total. The van der Waals surface area contributed by atoms with Gasteiger partial charge in [-0.25, -0.2) is 0 Å². The Morgan fingerprint density at radius 2 is 1.90 bits per heavy atom. The predicted octanol–water partition coefficient (Wildman–Crippen LogP) is 0.968. The highest BCUT2D eigenvalue weighted by Gasteiger charge is 2.14. The summed E-state index contributed by atoms with van der Waals surface area (Å²) in [4.78, 5) is 14.2. The highest BCUT2D eigenvalue weighted by molar-refractivity contribution is 6.00. The van der Waals surface area contributed by atoms with E-state index in [0.717, 1.165) is 13.1 Å². The number of amides is 1. The van der Waals surface area contributed by atoms with Gasteiger partial charge in [-0.2, -0.15) is 0 Å². The molecule has 0 spiro atoms. The molecule has 0 aromatic heterocycles. The van der Waals surface area contributed by atoms with E-state index >= 15 is 0 Å². The number of carbonyl (C=O) groups excluding carboxylic acids is 1. The SMILES string of the molecule is CCN(C)CCNC(=O)c1cc(OC)c(OC)cc1N. The molecular formula is C14H23N3O3. The lowest BCUT2D eigenvalue weighted by Gasteiger charge is -2.15. The van der Waals surface area contributed by atoms with Crippen LogP contribution >= 0.6 is 0 Å². The molecule has 20 heavy (non-hydrogen) atoms. The lowest BCUT2D eigenvalue weighted by Crippen LogP contribution is -2.33. The van der Waals surface area contributed by atoms with Crippen LogP contribution in [0.25, 0.3) is 0 Å². The first kappa shape index (κ1) is 16.1. The Bertz CT molecular complexity index is 463. The van der Waals surface area contributed by atoms with Gasteiger partial charge in [0.2, 0.25) is 0 Å². The number of rotatable bonds is 7. The largest absolute Gasteiger partial charge is 0.493 e. The Hall–Kier alpha value is -1.95. The molecule has 0 saturated heterocycles. The summed E-state index contributed by atoms with van der Waals surface area (Å²) in [6, 6.07) is 3.18. The first-order valence-corrected chi connectivity index (χ1v) is 6.51. The van der Waals surface area contributed by atoms with E-state index in [1.807, 2.05) is 7.05 Å². The van der Waals surface area contributed by atoms with E-state index in [4.69, 9.17) is 15.2 Å². The summed E-state index contributed by atoms with van der Waals surface area (Å²) < 4.78 is 10.3. The van der Waals surface area contributed by atoms with Gasteiger partial charge < -0.3 is 25.4 Å². The molecule has 6 nitrogen and oxygen atoms in total. The van der Waals surface area contributed by atoms with Crippen molar-refractivity contribution in [3.8, 4) is 11.5 Å². The minimum absolute atomic E-state index is 0.215. The molecule has 0 radical (unpaired) electrons. The van der Waals surface area contributed by atoms with Crippen LogP contribution in [-0.4, -0.2) is 51.7 Å². The van der Waals surface area contributed by atoms with Crippen molar-refractivity contribution in [1.82, 2.24) is 10.2 Å². The fraction of sp³-hybridized carbons (Fsp3) is 0.500. The molecular weight excluding hydrogens is 258 g/mol. The smallest absolute Gasteiger partial charge is 0.253 e. The highest BCUT2D eigenvalue weighted by Crippen LogP contribution is 2.31. The Balaban J connectivity index is 2.77. The van der Waals surface area contributed by atoms with E-state index in [1.54, 1.807) is 12.1 Å². The van der Waals surface area contributed by atoms with Crippen molar-refractivity contribution in [2.45, 2.75) is 6.92 Å².